The van der Waals surface area contributed by atoms with Gasteiger partial charge in [-0.3, -0.25) is 0 Å². The molecule has 2 unspecified atom stereocenters. The van der Waals surface area contributed by atoms with E-state index in [1.54, 1.807) is 12.1 Å². The molecule has 8 nitrogen and oxygen atoms in total. The van der Waals surface area contributed by atoms with Crippen molar-refractivity contribution in [3.05, 3.63) is 61.2 Å². The van der Waals surface area contributed by atoms with Crippen molar-refractivity contribution in [2.45, 2.75) is 18.3 Å². The van der Waals surface area contributed by atoms with Crippen LogP contribution in [0.5, 0.6) is 23.0 Å². The highest BCUT2D eigenvalue weighted by atomic mass is 16.6. The molecule has 2 fully saturated rings. The molecule has 0 spiro atoms. The largest absolute Gasteiger partial charge is 0.487 e. The normalized spacial score (nSPS) is 19.4. The second kappa shape index (κ2) is 10.9. The summed E-state index contributed by atoms with van der Waals surface area (Å²) in [6, 6.07) is 14.6. The Morgan fingerprint density at radius 1 is 0.844 bits per heavy atom. The Morgan fingerprint density at radius 3 is 1.62 bits per heavy atom. The number of carbonyl (C=O) groups excluding carboxylic acids is 1. The van der Waals surface area contributed by atoms with Crippen molar-refractivity contribution in [3.63, 3.8) is 0 Å². The van der Waals surface area contributed by atoms with Crippen molar-refractivity contribution in [1.82, 2.24) is 0 Å². The Kier molecular flexibility index (Phi) is 7.47. The monoisotopic (exact) mass is 442 g/mol. The molecular formula is C24H26O8. The molecule has 0 radical (unpaired) electrons. The number of rotatable bonds is 14. The number of para-hydroxylation sites is 4. The van der Waals surface area contributed by atoms with E-state index in [-0.39, 0.29) is 25.4 Å². The van der Waals surface area contributed by atoms with E-state index in [1.165, 1.54) is 0 Å². The predicted molar refractivity (Wildman–Crippen MR) is 114 cm³/mol. The number of hydrogen-bond acceptors (Lipinski definition) is 8. The SMILES string of the molecule is C=CC(=O)OC(COc1ccccc1OCC1CO1)COc1ccccc1OCC1CO1. The number of benzene rings is 2. The van der Waals surface area contributed by atoms with E-state index in [0.717, 1.165) is 6.08 Å². The molecule has 170 valence electrons. The lowest BCUT2D eigenvalue weighted by atomic mass is 10.3. The van der Waals surface area contributed by atoms with Crippen LogP contribution in [0.3, 0.4) is 0 Å². The number of esters is 1. The van der Waals surface area contributed by atoms with Gasteiger partial charge in [-0.25, -0.2) is 4.79 Å². The van der Waals surface area contributed by atoms with Crippen molar-refractivity contribution in [2.75, 3.05) is 39.6 Å². The Balaban J connectivity index is 1.35. The van der Waals surface area contributed by atoms with Crippen LogP contribution in [-0.2, 0) is 19.0 Å². The molecular weight excluding hydrogens is 416 g/mol. The first-order chi connectivity index (χ1) is 15.7. The summed E-state index contributed by atoms with van der Waals surface area (Å²) < 4.78 is 39.1. The van der Waals surface area contributed by atoms with Crippen LogP contribution in [0.4, 0.5) is 0 Å². The molecule has 0 saturated carbocycles. The zero-order valence-corrected chi connectivity index (χ0v) is 17.6. The van der Waals surface area contributed by atoms with Crippen LogP contribution < -0.4 is 18.9 Å². The first kappa shape index (κ1) is 22.0. The van der Waals surface area contributed by atoms with Gasteiger partial charge in [0.05, 0.1) is 13.2 Å². The number of epoxide rings is 2. The highest BCUT2D eigenvalue weighted by molar-refractivity contribution is 5.81. The first-order valence-electron chi connectivity index (χ1n) is 10.5. The molecule has 2 heterocycles. The van der Waals surface area contributed by atoms with E-state index >= 15 is 0 Å². The second-order valence-corrected chi connectivity index (χ2v) is 7.31. The van der Waals surface area contributed by atoms with Gasteiger partial charge in [-0.2, -0.15) is 0 Å². The first-order valence-corrected chi connectivity index (χ1v) is 10.5. The minimum Gasteiger partial charge on any atom is -0.487 e. The Labute approximate surface area is 186 Å². The van der Waals surface area contributed by atoms with Gasteiger partial charge in [0.25, 0.3) is 0 Å². The van der Waals surface area contributed by atoms with Crippen LogP contribution in [0, 0.1) is 0 Å². The van der Waals surface area contributed by atoms with Gasteiger partial charge < -0.3 is 33.2 Å². The molecule has 0 aliphatic carbocycles. The Morgan fingerprint density at radius 2 is 1.25 bits per heavy atom. The van der Waals surface area contributed by atoms with Gasteiger partial charge in [0.1, 0.15) is 38.6 Å². The molecule has 0 amide bonds. The summed E-state index contributed by atoms with van der Waals surface area (Å²) in [5, 5.41) is 0. The quantitative estimate of drug-likeness (QED) is 0.251. The van der Waals surface area contributed by atoms with Gasteiger partial charge in [0.15, 0.2) is 29.1 Å². The maximum atomic E-state index is 11.8. The number of hydrogen-bond donors (Lipinski definition) is 0. The van der Waals surface area contributed by atoms with Gasteiger partial charge in [0, 0.05) is 6.08 Å². The van der Waals surface area contributed by atoms with Crippen LogP contribution in [0.15, 0.2) is 61.2 Å². The highest BCUT2D eigenvalue weighted by Crippen LogP contribution is 2.29. The van der Waals surface area contributed by atoms with E-state index in [4.69, 9.17) is 33.2 Å². The van der Waals surface area contributed by atoms with Crippen molar-refractivity contribution < 1.29 is 38.0 Å². The number of carbonyl (C=O) groups is 1. The van der Waals surface area contributed by atoms with Crippen LogP contribution >= 0.6 is 0 Å². The highest BCUT2D eigenvalue weighted by Gasteiger charge is 2.25. The fourth-order valence-electron chi connectivity index (χ4n) is 2.77. The summed E-state index contributed by atoms with van der Waals surface area (Å²) in [4.78, 5) is 11.8. The third-order valence-corrected chi connectivity index (χ3v) is 4.65. The number of ether oxygens (including phenoxy) is 7. The molecule has 0 aromatic heterocycles. The van der Waals surface area contributed by atoms with Gasteiger partial charge >= 0.3 is 5.97 Å². The molecule has 2 aliphatic rings. The van der Waals surface area contributed by atoms with E-state index in [0.29, 0.717) is 49.4 Å². The zero-order valence-electron chi connectivity index (χ0n) is 17.6. The molecule has 2 aromatic carbocycles. The standard InChI is InChI=1S/C24H26O8/c1-2-24(25)32-19(15-30-22-9-5-3-7-20(22)28-13-17-11-26-17)16-31-23-10-6-4-8-21(23)29-14-18-12-27-18/h2-10,17-19H,1,11-16H2. The molecule has 32 heavy (non-hydrogen) atoms. The predicted octanol–water partition coefficient (Wildman–Crippen LogP) is 2.80. The van der Waals surface area contributed by atoms with Gasteiger partial charge in [-0.1, -0.05) is 30.8 Å². The summed E-state index contributed by atoms with van der Waals surface area (Å²) in [6.45, 7) is 5.92. The molecule has 8 heteroatoms. The van der Waals surface area contributed by atoms with Crippen LogP contribution in [0.25, 0.3) is 0 Å². The van der Waals surface area contributed by atoms with E-state index in [1.807, 2.05) is 36.4 Å². The molecule has 0 bridgehead atoms. The fourth-order valence-corrected chi connectivity index (χ4v) is 2.77. The van der Waals surface area contributed by atoms with Crippen LogP contribution in [0.1, 0.15) is 0 Å². The molecule has 2 aromatic rings. The van der Waals surface area contributed by atoms with E-state index in [9.17, 15) is 4.79 Å². The lowest BCUT2D eigenvalue weighted by Crippen LogP contribution is -2.30. The summed E-state index contributed by atoms with van der Waals surface area (Å²) in [5.74, 6) is 1.72. The minimum atomic E-state index is -0.680. The summed E-state index contributed by atoms with van der Waals surface area (Å²) in [7, 11) is 0. The Bertz CT molecular complexity index is 843. The van der Waals surface area contributed by atoms with Crippen LogP contribution in [0.2, 0.25) is 0 Å². The summed E-state index contributed by atoms with van der Waals surface area (Å²) in [5.41, 5.74) is 0. The van der Waals surface area contributed by atoms with Crippen molar-refractivity contribution in [2.24, 2.45) is 0 Å². The van der Waals surface area contributed by atoms with Crippen molar-refractivity contribution in [3.8, 4) is 23.0 Å². The van der Waals surface area contributed by atoms with Gasteiger partial charge in [-0.15, -0.1) is 0 Å². The topological polar surface area (TPSA) is 88.3 Å². The van der Waals surface area contributed by atoms with Crippen LogP contribution in [-0.4, -0.2) is 63.9 Å². The molecule has 0 N–H and O–H groups in total. The second-order valence-electron chi connectivity index (χ2n) is 7.31. The fraction of sp³-hybridized carbons (Fsp3) is 0.375. The van der Waals surface area contributed by atoms with E-state index < -0.39 is 12.1 Å². The third-order valence-electron chi connectivity index (χ3n) is 4.65. The maximum Gasteiger partial charge on any atom is 0.330 e. The average Bonchev–Trinajstić information content (AvgIpc) is 3.74. The van der Waals surface area contributed by atoms with E-state index in [2.05, 4.69) is 6.58 Å². The third kappa shape index (κ3) is 6.90. The average molecular weight is 442 g/mol. The lowest BCUT2D eigenvalue weighted by molar-refractivity contribution is -0.146. The lowest BCUT2D eigenvalue weighted by Gasteiger charge is -2.20. The molecule has 2 atom stereocenters. The summed E-state index contributed by atoms with van der Waals surface area (Å²) >= 11 is 0. The molecule has 2 saturated heterocycles. The van der Waals surface area contributed by atoms with Gasteiger partial charge in [-0.05, 0) is 24.3 Å². The zero-order chi connectivity index (χ0) is 22.2. The molecule has 4 rings (SSSR count). The minimum absolute atomic E-state index is 0.0683. The smallest absolute Gasteiger partial charge is 0.330 e. The van der Waals surface area contributed by atoms with Gasteiger partial charge in [0.2, 0.25) is 0 Å². The summed E-state index contributed by atoms with van der Waals surface area (Å²) in [6.07, 6.45) is 0.685. The van der Waals surface area contributed by atoms with Crippen molar-refractivity contribution >= 4 is 5.97 Å². The maximum absolute atomic E-state index is 11.8. The Hall–Kier alpha value is -3.23. The molecule has 2 aliphatic heterocycles. The van der Waals surface area contributed by atoms with Crippen molar-refractivity contribution in [1.29, 1.82) is 0 Å².